The van der Waals surface area contributed by atoms with Crippen molar-refractivity contribution in [2.24, 2.45) is 11.7 Å². The molecule has 0 bridgehead atoms. The van der Waals surface area contributed by atoms with Gasteiger partial charge in [-0.25, -0.2) is 23.1 Å². The van der Waals surface area contributed by atoms with Gasteiger partial charge in [-0.05, 0) is 23.6 Å². The molecular formula is C18H23N5O4S. The van der Waals surface area contributed by atoms with Crippen molar-refractivity contribution in [3.8, 4) is 11.3 Å². The van der Waals surface area contributed by atoms with Gasteiger partial charge in [0.15, 0.2) is 0 Å². The van der Waals surface area contributed by atoms with E-state index in [0.29, 0.717) is 17.1 Å². The van der Waals surface area contributed by atoms with Crippen molar-refractivity contribution in [1.82, 2.24) is 14.7 Å². The Morgan fingerprint density at radius 1 is 1.25 bits per heavy atom. The molecule has 0 fully saturated rings. The molecule has 1 heterocycles. The number of sulfonamides is 1. The summed E-state index contributed by atoms with van der Waals surface area (Å²) in [5, 5.41) is 10.7. The number of nitrogens with two attached hydrogens (primary N) is 2. The van der Waals surface area contributed by atoms with E-state index in [-0.39, 0.29) is 5.92 Å². The molecule has 0 aliphatic heterocycles. The number of anilines is 1. The van der Waals surface area contributed by atoms with Gasteiger partial charge in [-0.3, -0.25) is 4.79 Å². The molecule has 0 aliphatic carbocycles. The van der Waals surface area contributed by atoms with Gasteiger partial charge in [-0.2, -0.15) is 0 Å². The molecule has 28 heavy (non-hydrogen) atoms. The molecule has 0 unspecified atom stereocenters. The summed E-state index contributed by atoms with van der Waals surface area (Å²) >= 11 is 0. The van der Waals surface area contributed by atoms with Crippen LogP contribution in [0.5, 0.6) is 0 Å². The van der Waals surface area contributed by atoms with Crippen LogP contribution in [0.2, 0.25) is 0 Å². The second-order valence-corrected chi connectivity index (χ2v) is 8.09. The molecule has 0 aliphatic rings. The first-order chi connectivity index (χ1) is 13.1. The van der Waals surface area contributed by atoms with E-state index in [2.05, 4.69) is 9.97 Å². The van der Waals surface area contributed by atoms with E-state index in [4.69, 9.17) is 11.5 Å². The standard InChI is InChI=1S/C18H23N5O4S/c1-11(2)17(24)16(20)18(25)23-28(26,27)7-6-12-4-3-5-13(8-12)14-9-15(19)22-10-21-14/h3-11,16-17,24H,20H2,1-2H3,(H,23,25)(H2,19,21,22)/b7-6+/t16-,17+/m0/s1. The molecule has 1 amide bonds. The third-order valence-corrected chi connectivity index (χ3v) is 4.89. The minimum atomic E-state index is -4.08. The Balaban J connectivity index is 2.14. The third-order valence-electron chi connectivity index (χ3n) is 3.91. The Morgan fingerprint density at radius 2 is 1.96 bits per heavy atom. The molecule has 2 atom stereocenters. The van der Waals surface area contributed by atoms with Gasteiger partial charge in [0, 0.05) is 11.6 Å². The molecule has 10 heteroatoms. The minimum Gasteiger partial charge on any atom is -0.391 e. The molecule has 2 aromatic rings. The maximum atomic E-state index is 12.1. The Labute approximate surface area is 163 Å². The molecule has 1 aromatic carbocycles. The highest BCUT2D eigenvalue weighted by Crippen LogP contribution is 2.20. The Bertz CT molecular complexity index is 975. The number of rotatable bonds is 7. The number of nitrogen functional groups attached to an aromatic ring is 1. The third kappa shape index (κ3) is 5.84. The van der Waals surface area contributed by atoms with Crippen molar-refractivity contribution in [1.29, 1.82) is 0 Å². The highest BCUT2D eigenvalue weighted by molar-refractivity contribution is 7.93. The number of benzene rings is 1. The summed E-state index contributed by atoms with van der Waals surface area (Å²) in [6.07, 6.45) is 1.51. The van der Waals surface area contributed by atoms with Gasteiger partial charge in [0.05, 0.1) is 17.2 Å². The van der Waals surface area contributed by atoms with Gasteiger partial charge >= 0.3 is 0 Å². The number of nitrogens with zero attached hydrogens (tertiary/aromatic N) is 2. The van der Waals surface area contributed by atoms with Crippen LogP contribution in [0.4, 0.5) is 5.82 Å². The second kappa shape index (κ2) is 8.91. The first kappa shape index (κ1) is 21.5. The van der Waals surface area contributed by atoms with Crippen molar-refractivity contribution in [3.63, 3.8) is 0 Å². The summed E-state index contributed by atoms with van der Waals surface area (Å²) in [6.45, 7) is 3.34. The number of hydrogen-bond acceptors (Lipinski definition) is 8. The van der Waals surface area contributed by atoms with E-state index in [9.17, 15) is 18.3 Å². The highest BCUT2D eigenvalue weighted by atomic mass is 32.2. The van der Waals surface area contributed by atoms with Gasteiger partial charge in [0.2, 0.25) is 0 Å². The average molecular weight is 405 g/mol. The van der Waals surface area contributed by atoms with Crippen LogP contribution in [-0.2, 0) is 14.8 Å². The maximum absolute atomic E-state index is 12.1. The predicted octanol–water partition coefficient (Wildman–Crippen LogP) is 0.487. The molecular weight excluding hydrogens is 382 g/mol. The quantitative estimate of drug-likeness (QED) is 0.517. The fraction of sp³-hybridized carbons (Fsp3) is 0.278. The van der Waals surface area contributed by atoms with E-state index in [1.165, 1.54) is 12.4 Å². The number of aliphatic hydroxyl groups excluding tert-OH is 1. The van der Waals surface area contributed by atoms with Crippen molar-refractivity contribution < 1.29 is 18.3 Å². The van der Waals surface area contributed by atoms with E-state index < -0.39 is 28.1 Å². The van der Waals surface area contributed by atoms with Crippen LogP contribution in [0, 0.1) is 5.92 Å². The number of carbonyl (C=O) groups is 1. The van der Waals surface area contributed by atoms with Gasteiger partial charge in [0.1, 0.15) is 18.2 Å². The lowest BCUT2D eigenvalue weighted by molar-refractivity contribution is -0.123. The molecule has 0 saturated heterocycles. The number of amides is 1. The van der Waals surface area contributed by atoms with Crippen LogP contribution in [0.25, 0.3) is 17.3 Å². The van der Waals surface area contributed by atoms with Gasteiger partial charge in [-0.15, -0.1) is 0 Å². The lowest BCUT2D eigenvalue weighted by Gasteiger charge is -2.20. The summed E-state index contributed by atoms with van der Waals surface area (Å²) in [5.74, 6) is -0.954. The SMILES string of the molecule is CC(C)[C@@H](O)[C@H](N)C(=O)NS(=O)(=O)/C=C/c1cccc(-c2cc(N)ncn2)c1. The summed E-state index contributed by atoms with van der Waals surface area (Å²) in [4.78, 5) is 19.9. The van der Waals surface area contributed by atoms with Crippen LogP contribution < -0.4 is 16.2 Å². The van der Waals surface area contributed by atoms with Crippen molar-refractivity contribution >= 4 is 27.8 Å². The topological polar surface area (TPSA) is 161 Å². The number of aliphatic hydroxyl groups is 1. The highest BCUT2D eigenvalue weighted by Gasteiger charge is 2.27. The zero-order chi connectivity index (χ0) is 20.9. The van der Waals surface area contributed by atoms with Gasteiger partial charge in [-0.1, -0.05) is 32.0 Å². The molecule has 6 N–H and O–H groups in total. The first-order valence-corrected chi connectivity index (χ1v) is 10.00. The minimum absolute atomic E-state index is 0.294. The van der Waals surface area contributed by atoms with Gasteiger partial charge in [0.25, 0.3) is 15.9 Å². The van der Waals surface area contributed by atoms with E-state index in [0.717, 1.165) is 11.0 Å². The Morgan fingerprint density at radius 3 is 2.61 bits per heavy atom. The molecule has 9 nitrogen and oxygen atoms in total. The lowest BCUT2D eigenvalue weighted by atomic mass is 10.0. The Kier molecular flexibility index (Phi) is 6.84. The Hall–Kier alpha value is -2.82. The van der Waals surface area contributed by atoms with E-state index >= 15 is 0 Å². The van der Waals surface area contributed by atoms with E-state index in [1.54, 1.807) is 44.2 Å². The number of aromatic nitrogens is 2. The fourth-order valence-corrected chi connectivity index (χ4v) is 3.13. The largest absolute Gasteiger partial charge is 0.391 e. The van der Waals surface area contributed by atoms with Crippen LogP contribution >= 0.6 is 0 Å². The molecule has 2 rings (SSSR count). The first-order valence-electron chi connectivity index (χ1n) is 8.45. The van der Waals surface area contributed by atoms with Crippen LogP contribution in [0.15, 0.2) is 42.1 Å². The number of hydrogen-bond donors (Lipinski definition) is 4. The smallest absolute Gasteiger partial charge is 0.257 e. The van der Waals surface area contributed by atoms with Crippen molar-refractivity contribution in [2.45, 2.75) is 26.0 Å². The average Bonchev–Trinajstić information content (AvgIpc) is 2.65. The normalized spacial score (nSPS) is 14.2. The molecule has 150 valence electrons. The molecule has 0 spiro atoms. The second-order valence-electron chi connectivity index (χ2n) is 6.53. The molecule has 0 saturated carbocycles. The summed E-state index contributed by atoms with van der Waals surface area (Å²) in [5.41, 5.74) is 13.1. The summed E-state index contributed by atoms with van der Waals surface area (Å²) in [7, 11) is -4.08. The fourth-order valence-electron chi connectivity index (χ4n) is 2.31. The van der Waals surface area contributed by atoms with Crippen molar-refractivity contribution in [2.75, 3.05) is 5.73 Å². The van der Waals surface area contributed by atoms with Gasteiger partial charge < -0.3 is 16.6 Å². The zero-order valence-electron chi connectivity index (χ0n) is 15.5. The van der Waals surface area contributed by atoms with E-state index in [1.807, 2.05) is 4.72 Å². The van der Waals surface area contributed by atoms with Crippen LogP contribution in [-0.4, -0.2) is 41.5 Å². The zero-order valence-corrected chi connectivity index (χ0v) is 16.3. The predicted molar refractivity (Wildman–Crippen MR) is 107 cm³/mol. The van der Waals surface area contributed by atoms with Crippen LogP contribution in [0.3, 0.4) is 0 Å². The molecule has 0 radical (unpaired) electrons. The van der Waals surface area contributed by atoms with Crippen molar-refractivity contribution in [3.05, 3.63) is 47.6 Å². The summed E-state index contributed by atoms with van der Waals surface area (Å²) in [6, 6.07) is 7.17. The maximum Gasteiger partial charge on any atom is 0.257 e. The number of carbonyl (C=O) groups excluding carboxylic acids is 1. The monoisotopic (exact) mass is 405 g/mol. The summed E-state index contributed by atoms with van der Waals surface area (Å²) < 4.78 is 26.1. The lowest BCUT2D eigenvalue weighted by Crippen LogP contribution is -2.51. The number of nitrogens with one attached hydrogen (secondary N) is 1. The molecule has 1 aromatic heterocycles. The van der Waals surface area contributed by atoms with Crippen LogP contribution in [0.1, 0.15) is 19.4 Å².